The van der Waals surface area contributed by atoms with E-state index in [1.54, 1.807) is 36.2 Å². The number of benzene rings is 1. The molecule has 20 heavy (non-hydrogen) atoms. The summed E-state index contributed by atoms with van der Waals surface area (Å²) in [6.45, 7) is 1.38. The van der Waals surface area contributed by atoms with Gasteiger partial charge in [-0.3, -0.25) is 4.79 Å². The van der Waals surface area contributed by atoms with Crippen LogP contribution in [0.1, 0.15) is 18.4 Å². The van der Waals surface area contributed by atoms with E-state index in [1.807, 2.05) is 0 Å². The summed E-state index contributed by atoms with van der Waals surface area (Å²) in [6.07, 6.45) is 3.10. The summed E-state index contributed by atoms with van der Waals surface area (Å²) >= 11 is 0. The average Bonchev–Trinajstić information content (AvgIpc) is 2.91. The summed E-state index contributed by atoms with van der Waals surface area (Å²) in [5.41, 5.74) is 0.922. The van der Waals surface area contributed by atoms with Crippen molar-refractivity contribution in [1.82, 2.24) is 10.2 Å². The standard InChI is InChI=1S/C14H20N2O3S/c1-16(14(17)13-4-3-9-15-13)10-11-5-7-12(8-6-11)20(2,18)19/h5-8,13,15H,3-4,9-10H2,1-2H3. The summed E-state index contributed by atoms with van der Waals surface area (Å²) in [5, 5.41) is 3.18. The SMILES string of the molecule is CN(Cc1ccc(S(C)(=O)=O)cc1)C(=O)C1CCCN1. The lowest BCUT2D eigenvalue weighted by Gasteiger charge is -2.21. The van der Waals surface area contributed by atoms with Gasteiger partial charge in [-0.25, -0.2) is 8.42 Å². The van der Waals surface area contributed by atoms with Crippen LogP contribution >= 0.6 is 0 Å². The van der Waals surface area contributed by atoms with Crippen molar-refractivity contribution >= 4 is 15.7 Å². The highest BCUT2D eigenvalue weighted by atomic mass is 32.2. The Hall–Kier alpha value is -1.40. The van der Waals surface area contributed by atoms with Gasteiger partial charge in [0.15, 0.2) is 9.84 Å². The third-order valence-electron chi connectivity index (χ3n) is 3.51. The quantitative estimate of drug-likeness (QED) is 0.892. The second-order valence-electron chi connectivity index (χ2n) is 5.26. The van der Waals surface area contributed by atoms with Crippen molar-refractivity contribution in [2.75, 3.05) is 19.8 Å². The van der Waals surface area contributed by atoms with Gasteiger partial charge in [0.1, 0.15) is 0 Å². The lowest BCUT2D eigenvalue weighted by Crippen LogP contribution is -2.41. The third-order valence-corrected chi connectivity index (χ3v) is 4.63. The van der Waals surface area contributed by atoms with Crippen molar-refractivity contribution in [3.63, 3.8) is 0 Å². The summed E-state index contributed by atoms with van der Waals surface area (Å²) < 4.78 is 22.8. The highest BCUT2D eigenvalue weighted by Crippen LogP contribution is 2.13. The van der Waals surface area contributed by atoms with E-state index in [0.717, 1.165) is 24.9 Å². The number of carbonyl (C=O) groups is 1. The average molecular weight is 296 g/mol. The summed E-state index contributed by atoms with van der Waals surface area (Å²) in [6, 6.07) is 6.59. The molecule has 1 fully saturated rings. The molecule has 1 aliphatic rings. The molecule has 5 nitrogen and oxygen atoms in total. The van der Waals surface area contributed by atoms with Crippen molar-refractivity contribution < 1.29 is 13.2 Å². The van der Waals surface area contributed by atoms with Gasteiger partial charge in [0.25, 0.3) is 0 Å². The van der Waals surface area contributed by atoms with Gasteiger partial charge in [-0.15, -0.1) is 0 Å². The largest absolute Gasteiger partial charge is 0.340 e. The monoisotopic (exact) mass is 296 g/mol. The first kappa shape index (κ1) is 15.0. The Morgan fingerprint density at radius 2 is 2.00 bits per heavy atom. The molecule has 1 N–H and O–H groups in total. The van der Waals surface area contributed by atoms with Crippen molar-refractivity contribution in [3.8, 4) is 0 Å². The fourth-order valence-electron chi connectivity index (χ4n) is 2.36. The molecule has 1 aromatic rings. The number of nitrogens with zero attached hydrogens (tertiary/aromatic N) is 1. The smallest absolute Gasteiger partial charge is 0.239 e. The number of hydrogen-bond acceptors (Lipinski definition) is 4. The Labute approximate surface area is 119 Å². The van der Waals surface area contributed by atoms with E-state index in [1.165, 1.54) is 6.26 Å². The zero-order valence-electron chi connectivity index (χ0n) is 11.8. The van der Waals surface area contributed by atoms with E-state index in [4.69, 9.17) is 0 Å². The Balaban J connectivity index is 2.00. The van der Waals surface area contributed by atoms with Crippen LogP contribution in [0.2, 0.25) is 0 Å². The Morgan fingerprint density at radius 1 is 1.35 bits per heavy atom. The van der Waals surface area contributed by atoms with Crippen molar-refractivity contribution in [1.29, 1.82) is 0 Å². The lowest BCUT2D eigenvalue weighted by atomic mass is 10.1. The molecule has 1 unspecified atom stereocenters. The molecular weight excluding hydrogens is 276 g/mol. The molecular formula is C14H20N2O3S. The van der Waals surface area contributed by atoms with Crippen LogP contribution in [-0.4, -0.2) is 45.1 Å². The highest BCUT2D eigenvalue weighted by Gasteiger charge is 2.24. The summed E-state index contributed by atoms with van der Waals surface area (Å²) in [5.74, 6) is 0.0923. The predicted octanol–water partition coefficient (Wildman–Crippen LogP) is 0.800. The first-order chi connectivity index (χ1) is 9.38. The van der Waals surface area contributed by atoms with E-state index in [2.05, 4.69) is 5.32 Å². The molecule has 1 aliphatic heterocycles. The maximum Gasteiger partial charge on any atom is 0.239 e. The fraction of sp³-hybridized carbons (Fsp3) is 0.500. The van der Waals surface area contributed by atoms with E-state index in [0.29, 0.717) is 11.4 Å². The summed E-state index contributed by atoms with van der Waals surface area (Å²) in [7, 11) is -1.40. The maximum atomic E-state index is 12.1. The number of hydrogen-bond donors (Lipinski definition) is 1. The van der Waals surface area contributed by atoms with Crippen LogP contribution in [0.4, 0.5) is 0 Å². The lowest BCUT2D eigenvalue weighted by molar-refractivity contribution is -0.132. The molecule has 0 bridgehead atoms. The van der Waals surface area contributed by atoms with E-state index < -0.39 is 9.84 Å². The van der Waals surface area contributed by atoms with Crippen LogP contribution in [0.3, 0.4) is 0 Å². The van der Waals surface area contributed by atoms with E-state index in [9.17, 15) is 13.2 Å². The van der Waals surface area contributed by atoms with Crippen LogP contribution < -0.4 is 5.32 Å². The number of sulfone groups is 1. The zero-order chi connectivity index (χ0) is 14.8. The van der Waals surface area contributed by atoms with Crippen molar-refractivity contribution in [2.24, 2.45) is 0 Å². The normalized spacial score (nSPS) is 19.0. The topological polar surface area (TPSA) is 66.5 Å². The molecule has 1 amide bonds. The third kappa shape index (κ3) is 3.58. The van der Waals surface area contributed by atoms with Crippen LogP contribution in [0, 0.1) is 0 Å². The number of nitrogens with one attached hydrogen (secondary N) is 1. The summed E-state index contributed by atoms with van der Waals surface area (Å²) in [4.78, 5) is 14.1. The molecule has 0 radical (unpaired) electrons. The molecule has 1 aromatic carbocycles. The van der Waals surface area contributed by atoms with Gasteiger partial charge in [0.2, 0.25) is 5.91 Å². The van der Waals surface area contributed by atoms with Crippen LogP contribution in [0.5, 0.6) is 0 Å². The van der Waals surface area contributed by atoms with Gasteiger partial charge in [0.05, 0.1) is 10.9 Å². The minimum absolute atomic E-state index is 0.0738. The first-order valence-electron chi connectivity index (χ1n) is 6.65. The molecule has 0 aromatic heterocycles. The second kappa shape index (κ2) is 5.93. The van der Waals surface area contributed by atoms with Gasteiger partial charge in [-0.2, -0.15) is 0 Å². The zero-order valence-corrected chi connectivity index (χ0v) is 12.6. The molecule has 2 rings (SSSR count). The van der Waals surface area contributed by atoms with Crippen LogP contribution in [0.25, 0.3) is 0 Å². The van der Waals surface area contributed by atoms with Crippen LogP contribution in [-0.2, 0) is 21.2 Å². The Morgan fingerprint density at radius 3 is 2.50 bits per heavy atom. The number of amides is 1. The second-order valence-corrected chi connectivity index (χ2v) is 7.28. The Bertz CT molecular complexity index is 575. The molecule has 110 valence electrons. The van der Waals surface area contributed by atoms with Gasteiger partial charge in [0, 0.05) is 19.8 Å². The molecule has 1 atom stereocenters. The van der Waals surface area contributed by atoms with Crippen molar-refractivity contribution in [2.45, 2.75) is 30.3 Å². The van der Waals surface area contributed by atoms with Gasteiger partial charge < -0.3 is 10.2 Å². The van der Waals surface area contributed by atoms with Crippen molar-refractivity contribution in [3.05, 3.63) is 29.8 Å². The van der Waals surface area contributed by atoms with E-state index >= 15 is 0 Å². The molecule has 0 saturated carbocycles. The maximum absolute atomic E-state index is 12.1. The number of carbonyl (C=O) groups excluding carboxylic acids is 1. The molecule has 1 heterocycles. The first-order valence-corrected chi connectivity index (χ1v) is 8.54. The Kier molecular flexibility index (Phi) is 4.45. The van der Waals surface area contributed by atoms with Gasteiger partial charge >= 0.3 is 0 Å². The highest BCUT2D eigenvalue weighted by molar-refractivity contribution is 7.90. The number of rotatable bonds is 4. The minimum atomic E-state index is -3.17. The van der Waals surface area contributed by atoms with Gasteiger partial charge in [-0.05, 0) is 37.1 Å². The molecule has 1 saturated heterocycles. The van der Waals surface area contributed by atoms with E-state index in [-0.39, 0.29) is 11.9 Å². The minimum Gasteiger partial charge on any atom is -0.340 e. The molecule has 0 aliphatic carbocycles. The molecule has 6 heteroatoms. The van der Waals surface area contributed by atoms with Crippen LogP contribution in [0.15, 0.2) is 29.2 Å². The van der Waals surface area contributed by atoms with Gasteiger partial charge in [-0.1, -0.05) is 12.1 Å². The fourth-order valence-corrected chi connectivity index (χ4v) is 2.99. The molecule has 0 spiro atoms. The predicted molar refractivity (Wildman–Crippen MR) is 77.1 cm³/mol. The number of likely N-dealkylation sites (N-methyl/N-ethyl adjacent to an activating group) is 1.